The molecule has 2 rings (SSSR count). The fourth-order valence-electron chi connectivity index (χ4n) is 3.00. The summed E-state index contributed by atoms with van der Waals surface area (Å²) in [6.07, 6.45) is -2.92. The number of carbonyl (C=O) groups is 4. The number of aliphatic hydroxyl groups is 3. The molecule has 2 saturated heterocycles. The molecule has 0 radical (unpaired) electrons. The second-order valence-corrected chi connectivity index (χ2v) is 7.05. The molecule has 2 aliphatic heterocycles. The van der Waals surface area contributed by atoms with Crippen LogP contribution in [-0.4, -0.2) is 88.4 Å². The van der Waals surface area contributed by atoms with Gasteiger partial charge in [-0.05, 0) is 12.8 Å². The summed E-state index contributed by atoms with van der Waals surface area (Å²) in [5.74, 6) is -2.02. The number of hydroxylamine groups is 2. The molecule has 4 atom stereocenters. The molecular weight excluding hydrogens is 404 g/mol. The van der Waals surface area contributed by atoms with Gasteiger partial charge in [-0.2, -0.15) is 0 Å². The van der Waals surface area contributed by atoms with E-state index >= 15 is 0 Å². The minimum absolute atomic E-state index is 0.0212. The van der Waals surface area contributed by atoms with E-state index in [0.29, 0.717) is 17.9 Å². The molecule has 3 amide bonds. The van der Waals surface area contributed by atoms with Crippen LogP contribution in [0.3, 0.4) is 0 Å². The minimum Gasteiger partial charge on any atom is -0.394 e. The summed E-state index contributed by atoms with van der Waals surface area (Å²) in [4.78, 5) is 50.8. The Bertz CT molecular complexity index is 612. The maximum Gasteiger partial charge on any atom is 0.333 e. The molecule has 12 heteroatoms. The van der Waals surface area contributed by atoms with Gasteiger partial charge in [-0.3, -0.25) is 14.4 Å². The second-order valence-electron chi connectivity index (χ2n) is 7.05. The van der Waals surface area contributed by atoms with E-state index in [0.717, 1.165) is 0 Å². The van der Waals surface area contributed by atoms with Crippen molar-refractivity contribution in [2.45, 2.75) is 69.5 Å². The van der Waals surface area contributed by atoms with E-state index in [2.05, 4.69) is 5.32 Å². The third-order valence-corrected chi connectivity index (χ3v) is 4.68. The molecule has 0 unspecified atom stereocenters. The fraction of sp³-hybridized carbons (Fsp3) is 0.778. The molecule has 0 saturated carbocycles. The maximum atomic E-state index is 11.8. The van der Waals surface area contributed by atoms with Crippen molar-refractivity contribution in [2.24, 2.45) is 0 Å². The number of ether oxygens (including phenoxy) is 2. The van der Waals surface area contributed by atoms with Crippen LogP contribution >= 0.6 is 0 Å². The Morgan fingerprint density at radius 2 is 1.80 bits per heavy atom. The van der Waals surface area contributed by atoms with Gasteiger partial charge in [0.05, 0.1) is 19.3 Å². The van der Waals surface area contributed by atoms with Crippen LogP contribution in [0.1, 0.15) is 44.9 Å². The van der Waals surface area contributed by atoms with Crippen LogP contribution in [0.5, 0.6) is 0 Å². The number of nitrogens with zero attached hydrogens (tertiary/aromatic N) is 1. The molecule has 4 N–H and O–H groups in total. The molecule has 2 heterocycles. The van der Waals surface area contributed by atoms with Gasteiger partial charge in [0.25, 0.3) is 11.8 Å². The van der Waals surface area contributed by atoms with Gasteiger partial charge in [0.15, 0.2) is 6.29 Å². The zero-order valence-electron chi connectivity index (χ0n) is 16.5. The predicted octanol–water partition coefficient (Wildman–Crippen LogP) is -1.88. The topological polar surface area (TPSA) is 172 Å². The van der Waals surface area contributed by atoms with E-state index in [9.17, 15) is 29.4 Å². The first-order chi connectivity index (χ1) is 14.3. The van der Waals surface area contributed by atoms with Crippen LogP contribution in [-0.2, 0) is 33.5 Å². The van der Waals surface area contributed by atoms with Crippen molar-refractivity contribution in [3.05, 3.63) is 0 Å². The Balaban J connectivity index is 1.51. The van der Waals surface area contributed by atoms with Crippen LogP contribution in [0.4, 0.5) is 0 Å². The Morgan fingerprint density at radius 3 is 2.47 bits per heavy atom. The number of hydrogen-bond donors (Lipinski definition) is 4. The largest absolute Gasteiger partial charge is 0.394 e. The number of hydrogen-bond acceptors (Lipinski definition) is 10. The normalized spacial score (nSPS) is 26.7. The summed E-state index contributed by atoms with van der Waals surface area (Å²) < 4.78 is 10.7. The van der Waals surface area contributed by atoms with Crippen LogP contribution in [0.15, 0.2) is 0 Å². The third-order valence-electron chi connectivity index (χ3n) is 4.68. The van der Waals surface area contributed by atoms with E-state index in [1.807, 2.05) is 0 Å². The molecule has 2 aliphatic rings. The average Bonchev–Trinajstić information content (AvgIpc) is 3.03. The highest BCUT2D eigenvalue weighted by Crippen LogP contribution is 2.20. The summed E-state index contributed by atoms with van der Waals surface area (Å²) >= 11 is 0. The van der Waals surface area contributed by atoms with Crippen molar-refractivity contribution in [2.75, 3.05) is 19.8 Å². The van der Waals surface area contributed by atoms with Gasteiger partial charge < -0.3 is 34.9 Å². The molecule has 0 aromatic carbocycles. The van der Waals surface area contributed by atoms with E-state index in [-0.39, 0.29) is 51.2 Å². The number of unbranched alkanes of at least 4 members (excludes halogenated alkanes) is 1. The lowest BCUT2D eigenvalue weighted by Crippen LogP contribution is -2.50. The van der Waals surface area contributed by atoms with Gasteiger partial charge in [0, 0.05) is 38.6 Å². The Morgan fingerprint density at radius 1 is 1.13 bits per heavy atom. The third kappa shape index (κ3) is 7.29. The van der Waals surface area contributed by atoms with Crippen LogP contribution < -0.4 is 5.32 Å². The number of imide groups is 1. The lowest BCUT2D eigenvalue weighted by Gasteiger charge is -2.36. The Hall–Kier alpha value is -2.12. The van der Waals surface area contributed by atoms with Crippen molar-refractivity contribution in [3.63, 3.8) is 0 Å². The molecule has 0 aromatic heterocycles. The highest BCUT2D eigenvalue weighted by Gasteiger charge is 2.36. The second kappa shape index (κ2) is 11.9. The van der Waals surface area contributed by atoms with Crippen molar-refractivity contribution in [1.82, 2.24) is 10.4 Å². The first-order valence-corrected chi connectivity index (χ1v) is 9.89. The summed E-state index contributed by atoms with van der Waals surface area (Å²) in [5, 5.41) is 31.5. The summed E-state index contributed by atoms with van der Waals surface area (Å²) in [5.41, 5.74) is 0. The molecule has 30 heavy (non-hydrogen) atoms. The van der Waals surface area contributed by atoms with Gasteiger partial charge in [-0.1, -0.05) is 0 Å². The lowest BCUT2D eigenvalue weighted by molar-refractivity contribution is -0.256. The molecular formula is C18H28N2O10. The van der Waals surface area contributed by atoms with E-state index in [1.165, 1.54) is 0 Å². The predicted molar refractivity (Wildman–Crippen MR) is 97.0 cm³/mol. The number of rotatable bonds is 11. The van der Waals surface area contributed by atoms with Crippen LogP contribution in [0.25, 0.3) is 0 Å². The molecule has 0 aromatic rings. The van der Waals surface area contributed by atoms with Gasteiger partial charge >= 0.3 is 5.97 Å². The van der Waals surface area contributed by atoms with Crippen molar-refractivity contribution < 1.29 is 48.8 Å². The number of carbonyl (C=O) groups excluding carboxylic acids is 4. The maximum absolute atomic E-state index is 11.8. The van der Waals surface area contributed by atoms with E-state index in [1.54, 1.807) is 0 Å². The summed E-state index contributed by atoms with van der Waals surface area (Å²) in [7, 11) is 0. The zero-order valence-corrected chi connectivity index (χ0v) is 16.5. The Kier molecular flexibility index (Phi) is 9.59. The first-order valence-electron chi connectivity index (χ1n) is 9.89. The average molecular weight is 432 g/mol. The summed E-state index contributed by atoms with van der Waals surface area (Å²) in [6.45, 7) is -0.142. The van der Waals surface area contributed by atoms with Crippen molar-refractivity contribution >= 4 is 23.7 Å². The summed E-state index contributed by atoms with van der Waals surface area (Å²) in [6, 6.07) is 0. The number of nitrogens with one attached hydrogen (secondary N) is 1. The quantitative estimate of drug-likeness (QED) is 0.214. The molecule has 2 fully saturated rings. The molecule has 0 spiro atoms. The lowest BCUT2D eigenvalue weighted by atomic mass is 10.0. The highest BCUT2D eigenvalue weighted by molar-refractivity contribution is 6.01. The highest BCUT2D eigenvalue weighted by atomic mass is 16.7. The van der Waals surface area contributed by atoms with Gasteiger partial charge in [0.2, 0.25) is 5.91 Å². The van der Waals surface area contributed by atoms with Gasteiger partial charge in [-0.25, -0.2) is 4.79 Å². The molecule has 0 bridgehead atoms. The van der Waals surface area contributed by atoms with Crippen molar-refractivity contribution in [3.8, 4) is 0 Å². The smallest absolute Gasteiger partial charge is 0.333 e. The fourth-order valence-corrected chi connectivity index (χ4v) is 3.00. The van der Waals surface area contributed by atoms with Crippen molar-refractivity contribution in [1.29, 1.82) is 0 Å². The van der Waals surface area contributed by atoms with Gasteiger partial charge in [-0.15, -0.1) is 5.06 Å². The van der Waals surface area contributed by atoms with E-state index < -0.39 is 49.0 Å². The minimum atomic E-state index is -1.18. The number of amides is 3. The zero-order chi connectivity index (χ0) is 22.1. The van der Waals surface area contributed by atoms with Crippen LogP contribution in [0, 0.1) is 0 Å². The SMILES string of the molecule is O=C(CCCCC(=O)ON1C(=O)CCC1=O)NCCO[C@@H]1C[C@@H](O)[C@H](O)[C@@H](CO)O1. The molecule has 12 nitrogen and oxygen atoms in total. The molecule has 170 valence electrons. The monoisotopic (exact) mass is 432 g/mol. The number of aliphatic hydroxyl groups excluding tert-OH is 3. The Labute approximate surface area is 173 Å². The van der Waals surface area contributed by atoms with E-state index in [4.69, 9.17) is 19.4 Å². The molecule has 0 aliphatic carbocycles. The van der Waals surface area contributed by atoms with Crippen LogP contribution in [0.2, 0.25) is 0 Å². The van der Waals surface area contributed by atoms with Gasteiger partial charge in [0.1, 0.15) is 12.2 Å². The first kappa shape index (κ1) is 24.2. The standard InChI is InChI=1S/C18H28N2O10/c21-10-12-18(27)11(22)9-17(29-12)28-8-7-19-13(23)3-1-2-4-16(26)30-20-14(24)5-6-15(20)25/h11-12,17-18,21-22,27H,1-10H2,(H,19,23)/t11-,12-,17+,18+/m1/s1.